The fourth-order valence-corrected chi connectivity index (χ4v) is 2.35. The molecule has 0 heterocycles. The molecule has 0 saturated carbocycles. The largest absolute Gasteiger partial charge is 0.449 e. The van der Waals surface area contributed by atoms with Gasteiger partial charge in [-0.1, -0.05) is 13.3 Å². The molecule has 0 aliphatic rings. The maximum absolute atomic E-state index is 11.5. The van der Waals surface area contributed by atoms with Crippen LogP contribution in [0, 0.1) is 0 Å². The van der Waals surface area contributed by atoms with Gasteiger partial charge >= 0.3 is 12.2 Å². The van der Waals surface area contributed by atoms with E-state index in [0.29, 0.717) is 52.2 Å². The summed E-state index contributed by atoms with van der Waals surface area (Å²) >= 11 is 0. The zero-order chi connectivity index (χ0) is 22.3. The molecule has 2 amide bonds. The standard InChI is InChI=1S/C20H42N4O6/c1-2-9-18(27-14-7-16-29-19(25)23-12-5-3-10-21)28-15-8-17-30-20(26)24-13-6-4-11-22/h18H,2-17,21-22H2,1H3,(H,23,25)(H,24,26). The van der Waals surface area contributed by atoms with E-state index in [1.807, 2.05) is 0 Å². The Morgan fingerprint density at radius 3 is 1.60 bits per heavy atom. The molecule has 0 spiro atoms. The Morgan fingerprint density at radius 2 is 1.20 bits per heavy atom. The summed E-state index contributed by atoms with van der Waals surface area (Å²) in [4.78, 5) is 22.9. The lowest BCUT2D eigenvalue weighted by Crippen LogP contribution is -2.27. The minimum absolute atomic E-state index is 0.287. The Morgan fingerprint density at radius 1 is 0.733 bits per heavy atom. The number of amides is 2. The highest BCUT2D eigenvalue weighted by Gasteiger charge is 2.09. The van der Waals surface area contributed by atoms with Crippen LogP contribution in [0.4, 0.5) is 9.59 Å². The summed E-state index contributed by atoms with van der Waals surface area (Å²) in [5.41, 5.74) is 10.8. The molecule has 6 N–H and O–H groups in total. The van der Waals surface area contributed by atoms with Gasteiger partial charge in [-0.05, 0) is 45.2 Å². The Balaban J connectivity index is 3.66. The van der Waals surface area contributed by atoms with Crippen molar-refractivity contribution in [2.45, 2.75) is 64.6 Å². The summed E-state index contributed by atoms with van der Waals surface area (Å²) in [6.45, 7) is 5.87. The topological polar surface area (TPSA) is 147 Å². The molecule has 0 rings (SSSR count). The van der Waals surface area contributed by atoms with Crippen molar-refractivity contribution in [1.82, 2.24) is 10.6 Å². The number of carbonyl (C=O) groups excluding carboxylic acids is 2. The van der Waals surface area contributed by atoms with E-state index in [-0.39, 0.29) is 19.5 Å². The fraction of sp³-hybridized carbons (Fsp3) is 0.900. The number of hydrogen-bond acceptors (Lipinski definition) is 8. The first kappa shape index (κ1) is 28.4. The van der Waals surface area contributed by atoms with Gasteiger partial charge in [0.05, 0.1) is 26.4 Å². The second kappa shape index (κ2) is 22.1. The summed E-state index contributed by atoms with van der Waals surface area (Å²) < 4.78 is 21.6. The average Bonchev–Trinajstić information content (AvgIpc) is 2.73. The lowest BCUT2D eigenvalue weighted by atomic mass is 10.3. The van der Waals surface area contributed by atoms with Crippen LogP contribution in [0.1, 0.15) is 58.3 Å². The van der Waals surface area contributed by atoms with Crippen molar-refractivity contribution in [2.75, 3.05) is 52.6 Å². The molecule has 0 aliphatic carbocycles. The molecule has 30 heavy (non-hydrogen) atoms. The highest BCUT2D eigenvalue weighted by Crippen LogP contribution is 2.06. The van der Waals surface area contributed by atoms with Gasteiger partial charge < -0.3 is 41.0 Å². The monoisotopic (exact) mass is 434 g/mol. The van der Waals surface area contributed by atoms with Gasteiger partial charge in [-0.2, -0.15) is 0 Å². The van der Waals surface area contributed by atoms with Crippen LogP contribution in [0.15, 0.2) is 0 Å². The second-order valence-electron chi connectivity index (χ2n) is 6.78. The van der Waals surface area contributed by atoms with E-state index in [4.69, 9.17) is 30.4 Å². The molecule has 0 atom stereocenters. The predicted octanol–water partition coefficient (Wildman–Crippen LogP) is 1.86. The van der Waals surface area contributed by atoms with Crippen LogP contribution in [-0.2, 0) is 18.9 Å². The minimum atomic E-state index is -0.420. The van der Waals surface area contributed by atoms with E-state index in [1.54, 1.807) is 0 Å². The van der Waals surface area contributed by atoms with Crippen molar-refractivity contribution < 1.29 is 28.5 Å². The molecule has 0 bridgehead atoms. The molecular formula is C20H42N4O6. The lowest BCUT2D eigenvalue weighted by molar-refractivity contribution is -0.149. The van der Waals surface area contributed by atoms with Crippen LogP contribution < -0.4 is 22.1 Å². The second-order valence-corrected chi connectivity index (χ2v) is 6.78. The third kappa shape index (κ3) is 19.7. The molecule has 0 saturated heterocycles. The summed E-state index contributed by atoms with van der Waals surface area (Å²) in [6.07, 6.45) is 5.16. The van der Waals surface area contributed by atoms with E-state index >= 15 is 0 Å². The number of unbranched alkanes of at least 4 members (excludes halogenated alkanes) is 2. The quantitative estimate of drug-likeness (QED) is 0.168. The van der Waals surface area contributed by atoms with Gasteiger partial charge in [0.15, 0.2) is 6.29 Å². The first-order chi connectivity index (χ1) is 14.6. The summed E-state index contributed by atoms with van der Waals surface area (Å²) in [6, 6.07) is 0. The van der Waals surface area contributed by atoms with Crippen LogP contribution in [0.25, 0.3) is 0 Å². The maximum atomic E-state index is 11.5. The number of ether oxygens (including phenoxy) is 4. The van der Waals surface area contributed by atoms with E-state index in [9.17, 15) is 9.59 Å². The minimum Gasteiger partial charge on any atom is -0.449 e. The third-order valence-electron chi connectivity index (χ3n) is 3.98. The zero-order valence-corrected chi connectivity index (χ0v) is 18.5. The Labute approximate surface area is 180 Å². The van der Waals surface area contributed by atoms with Gasteiger partial charge in [-0.3, -0.25) is 0 Å². The third-order valence-corrected chi connectivity index (χ3v) is 3.98. The molecule has 0 fully saturated rings. The van der Waals surface area contributed by atoms with Crippen molar-refractivity contribution in [3.63, 3.8) is 0 Å². The first-order valence-electron chi connectivity index (χ1n) is 11.1. The molecule has 0 unspecified atom stereocenters. The molecule has 0 aliphatic heterocycles. The Kier molecular flexibility index (Phi) is 20.9. The molecule has 10 heteroatoms. The number of alkyl carbamates (subject to hydrolysis) is 2. The van der Waals surface area contributed by atoms with Crippen molar-refractivity contribution in [3.05, 3.63) is 0 Å². The number of nitrogens with two attached hydrogens (primary N) is 2. The molecule has 0 aromatic heterocycles. The van der Waals surface area contributed by atoms with Crippen molar-refractivity contribution in [1.29, 1.82) is 0 Å². The first-order valence-corrected chi connectivity index (χ1v) is 11.1. The summed E-state index contributed by atoms with van der Waals surface area (Å²) in [5, 5.41) is 5.35. The summed E-state index contributed by atoms with van der Waals surface area (Å²) in [5.74, 6) is 0. The molecule has 178 valence electrons. The Bertz CT molecular complexity index is 381. The highest BCUT2D eigenvalue weighted by atomic mass is 16.7. The fourth-order valence-electron chi connectivity index (χ4n) is 2.35. The van der Waals surface area contributed by atoms with Gasteiger partial charge in [-0.25, -0.2) is 9.59 Å². The van der Waals surface area contributed by atoms with Crippen LogP contribution in [0.3, 0.4) is 0 Å². The molecule has 10 nitrogen and oxygen atoms in total. The van der Waals surface area contributed by atoms with E-state index in [1.165, 1.54) is 0 Å². The van der Waals surface area contributed by atoms with Gasteiger partial charge in [0.1, 0.15) is 0 Å². The normalized spacial score (nSPS) is 10.8. The molecule has 0 aromatic carbocycles. The van der Waals surface area contributed by atoms with Crippen LogP contribution in [0.2, 0.25) is 0 Å². The Hall–Kier alpha value is -1.62. The lowest BCUT2D eigenvalue weighted by Gasteiger charge is -2.18. The molecule has 0 radical (unpaired) electrons. The van der Waals surface area contributed by atoms with Crippen LogP contribution in [-0.4, -0.2) is 71.1 Å². The number of rotatable bonds is 20. The number of hydrogen-bond donors (Lipinski definition) is 4. The number of nitrogens with one attached hydrogen (secondary N) is 2. The van der Waals surface area contributed by atoms with Gasteiger partial charge in [0.2, 0.25) is 0 Å². The van der Waals surface area contributed by atoms with Crippen molar-refractivity contribution >= 4 is 12.2 Å². The molecular weight excluding hydrogens is 392 g/mol. The van der Waals surface area contributed by atoms with E-state index < -0.39 is 12.2 Å². The van der Waals surface area contributed by atoms with Crippen molar-refractivity contribution in [3.8, 4) is 0 Å². The predicted molar refractivity (Wildman–Crippen MR) is 115 cm³/mol. The highest BCUT2D eigenvalue weighted by molar-refractivity contribution is 5.67. The molecule has 0 aromatic rings. The zero-order valence-electron chi connectivity index (χ0n) is 18.5. The van der Waals surface area contributed by atoms with Crippen LogP contribution in [0.5, 0.6) is 0 Å². The van der Waals surface area contributed by atoms with Crippen LogP contribution >= 0.6 is 0 Å². The van der Waals surface area contributed by atoms with Crippen molar-refractivity contribution in [2.24, 2.45) is 11.5 Å². The average molecular weight is 435 g/mol. The SMILES string of the molecule is CCCC(OCCCOC(=O)NCCCCN)OCCCOC(=O)NCCCCN. The van der Waals surface area contributed by atoms with Gasteiger partial charge in [0.25, 0.3) is 0 Å². The maximum Gasteiger partial charge on any atom is 0.407 e. The smallest absolute Gasteiger partial charge is 0.407 e. The van der Waals surface area contributed by atoms with Gasteiger partial charge in [-0.15, -0.1) is 0 Å². The van der Waals surface area contributed by atoms with E-state index in [2.05, 4.69) is 17.6 Å². The summed E-state index contributed by atoms with van der Waals surface area (Å²) in [7, 11) is 0. The van der Waals surface area contributed by atoms with E-state index in [0.717, 1.165) is 38.5 Å². The van der Waals surface area contributed by atoms with Gasteiger partial charge in [0, 0.05) is 25.9 Å². The number of carbonyl (C=O) groups is 2.